The lowest BCUT2D eigenvalue weighted by atomic mass is 10.1. The van der Waals surface area contributed by atoms with E-state index in [9.17, 15) is 4.39 Å². The minimum Gasteiger partial charge on any atom is -0.396 e. The van der Waals surface area contributed by atoms with Crippen LogP contribution in [0.25, 0.3) is 11.3 Å². The lowest BCUT2D eigenvalue weighted by molar-refractivity contribution is 0.292. The molecule has 0 atom stereocenters. The molecule has 3 rings (SSSR count). The topological polar surface area (TPSA) is 83.0 Å². The molecular weight excluding hydrogens is 333 g/mol. The van der Waals surface area contributed by atoms with Crippen molar-refractivity contribution in [1.29, 1.82) is 0 Å². The van der Waals surface area contributed by atoms with E-state index in [2.05, 4.69) is 25.6 Å². The molecule has 7 heteroatoms. The molecule has 0 aliphatic rings. The van der Waals surface area contributed by atoms with Crippen molar-refractivity contribution in [3.8, 4) is 11.3 Å². The first kappa shape index (κ1) is 17.8. The Balaban J connectivity index is 1.95. The highest BCUT2D eigenvalue weighted by Crippen LogP contribution is 2.25. The van der Waals surface area contributed by atoms with Crippen LogP contribution < -0.4 is 10.6 Å². The number of aliphatic hydroxyl groups excluding tert-OH is 1. The van der Waals surface area contributed by atoms with Crippen molar-refractivity contribution in [1.82, 2.24) is 15.0 Å². The molecule has 0 spiro atoms. The van der Waals surface area contributed by atoms with E-state index < -0.39 is 0 Å². The van der Waals surface area contributed by atoms with Gasteiger partial charge < -0.3 is 15.7 Å². The Morgan fingerprint density at radius 2 is 1.92 bits per heavy atom. The quantitative estimate of drug-likeness (QED) is 0.564. The van der Waals surface area contributed by atoms with Crippen LogP contribution in [0.4, 0.5) is 21.8 Å². The van der Waals surface area contributed by atoms with Gasteiger partial charge in [-0.2, -0.15) is 4.98 Å². The molecule has 0 amide bonds. The molecule has 0 bridgehead atoms. The van der Waals surface area contributed by atoms with E-state index in [4.69, 9.17) is 5.11 Å². The molecule has 6 nitrogen and oxygen atoms in total. The molecule has 0 fully saturated rings. The normalized spacial score (nSPS) is 10.6. The maximum Gasteiger partial charge on any atom is 0.225 e. The van der Waals surface area contributed by atoms with Gasteiger partial charge in [-0.15, -0.1) is 0 Å². The van der Waals surface area contributed by atoms with E-state index in [0.29, 0.717) is 41.7 Å². The van der Waals surface area contributed by atoms with E-state index >= 15 is 0 Å². The van der Waals surface area contributed by atoms with Crippen LogP contribution in [0.2, 0.25) is 0 Å². The molecule has 0 saturated carbocycles. The highest BCUT2D eigenvalue weighted by atomic mass is 19.1. The van der Waals surface area contributed by atoms with E-state index in [1.165, 1.54) is 6.07 Å². The van der Waals surface area contributed by atoms with Crippen LogP contribution in [0.5, 0.6) is 0 Å². The van der Waals surface area contributed by atoms with Gasteiger partial charge in [0.1, 0.15) is 11.6 Å². The van der Waals surface area contributed by atoms with Crippen molar-refractivity contribution in [2.45, 2.75) is 13.3 Å². The summed E-state index contributed by atoms with van der Waals surface area (Å²) in [5.41, 5.74) is 2.77. The van der Waals surface area contributed by atoms with Gasteiger partial charge in [0, 0.05) is 48.4 Å². The second kappa shape index (κ2) is 8.35. The smallest absolute Gasteiger partial charge is 0.225 e. The predicted molar refractivity (Wildman–Crippen MR) is 99.9 cm³/mol. The molecule has 3 N–H and O–H groups in total. The zero-order valence-corrected chi connectivity index (χ0v) is 14.4. The summed E-state index contributed by atoms with van der Waals surface area (Å²) < 4.78 is 13.8. The van der Waals surface area contributed by atoms with Crippen LogP contribution in [-0.4, -0.2) is 33.2 Å². The summed E-state index contributed by atoms with van der Waals surface area (Å²) in [5.74, 6) is 0.705. The van der Waals surface area contributed by atoms with Crippen molar-refractivity contribution in [2.24, 2.45) is 0 Å². The average molecular weight is 353 g/mol. The Morgan fingerprint density at radius 1 is 1.12 bits per heavy atom. The highest BCUT2D eigenvalue weighted by molar-refractivity contribution is 5.68. The van der Waals surface area contributed by atoms with Crippen LogP contribution in [0.15, 0.2) is 48.8 Å². The molecule has 0 saturated heterocycles. The number of aliphatic hydroxyl groups is 1. The zero-order chi connectivity index (χ0) is 18.4. The summed E-state index contributed by atoms with van der Waals surface area (Å²) in [6.07, 6.45) is 3.98. The summed E-state index contributed by atoms with van der Waals surface area (Å²) in [5, 5.41) is 15.2. The Kier molecular flexibility index (Phi) is 5.70. The second-order valence-electron chi connectivity index (χ2n) is 5.74. The van der Waals surface area contributed by atoms with Crippen molar-refractivity contribution >= 4 is 17.5 Å². The molecule has 134 valence electrons. The number of hydrogen-bond acceptors (Lipinski definition) is 6. The van der Waals surface area contributed by atoms with Gasteiger partial charge in [0.2, 0.25) is 5.95 Å². The average Bonchev–Trinajstić information content (AvgIpc) is 2.66. The fraction of sp³-hybridized carbons (Fsp3) is 0.211. The molecule has 26 heavy (non-hydrogen) atoms. The van der Waals surface area contributed by atoms with Gasteiger partial charge in [-0.3, -0.25) is 4.98 Å². The molecule has 3 aromatic rings. The predicted octanol–water partition coefficient (Wildman–Crippen LogP) is 3.52. The Bertz CT molecular complexity index is 873. The van der Waals surface area contributed by atoms with Crippen molar-refractivity contribution in [3.63, 3.8) is 0 Å². The standard InChI is InChI=1S/C19H20FN5O/c1-13-15(20)4-2-5-16(13)23-18-12-17(14-6-9-21-10-7-14)24-19(25-18)22-8-3-11-26/h2,4-7,9-10,12,26H,3,8,11H2,1H3,(H2,22,23,24,25). The molecule has 1 aromatic carbocycles. The van der Waals surface area contributed by atoms with Gasteiger partial charge >= 0.3 is 0 Å². The van der Waals surface area contributed by atoms with E-state index in [0.717, 1.165) is 5.56 Å². The number of hydrogen-bond donors (Lipinski definition) is 3. The zero-order valence-electron chi connectivity index (χ0n) is 14.4. The number of pyridine rings is 1. The highest BCUT2D eigenvalue weighted by Gasteiger charge is 2.09. The fourth-order valence-electron chi connectivity index (χ4n) is 2.42. The van der Waals surface area contributed by atoms with Crippen LogP contribution in [0.3, 0.4) is 0 Å². The molecule has 0 unspecified atom stereocenters. The number of nitrogens with zero attached hydrogens (tertiary/aromatic N) is 3. The lowest BCUT2D eigenvalue weighted by Gasteiger charge is -2.13. The monoisotopic (exact) mass is 353 g/mol. The fourth-order valence-corrected chi connectivity index (χ4v) is 2.42. The molecule has 2 heterocycles. The summed E-state index contributed by atoms with van der Waals surface area (Å²) in [6, 6.07) is 10.4. The van der Waals surface area contributed by atoms with Gasteiger partial charge in [0.05, 0.1) is 5.69 Å². The number of aromatic nitrogens is 3. The van der Waals surface area contributed by atoms with Crippen LogP contribution in [0.1, 0.15) is 12.0 Å². The third kappa shape index (κ3) is 4.31. The number of rotatable bonds is 7. The summed E-state index contributed by atoms with van der Waals surface area (Å²) in [6.45, 7) is 2.35. The third-order valence-electron chi connectivity index (χ3n) is 3.85. The minimum absolute atomic E-state index is 0.0879. The molecule has 0 aliphatic heterocycles. The van der Waals surface area contributed by atoms with E-state index in [1.54, 1.807) is 37.5 Å². The van der Waals surface area contributed by atoms with Crippen LogP contribution >= 0.6 is 0 Å². The Morgan fingerprint density at radius 3 is 2.69 bits per heavy atom. The maximum atomic E-state index is 13.8. The maximum absolute atomic E-state index is 13.8. The number of halogens is 1. The van der Waals surface area contributed by atoms with Gasteiger partial charge in [-0.1, -0.05) is 6.07 Å². The van der Waals surface area contributed by atoms with Gasteiger partial charge in [-0.25, -0.2) is 9.37 Å². The van der Waals surface area contributed by atoms with Crippen molar-refractivity contribution in [2.75, 3.05) is 23.8 Å². The minimum atomic E-state index is -0.278. The molecule has 2 aromatic heterocycles. The third-order valence-corrected chi connectivity index (χ3v) is 3.85. The van der Waals surface area contributed by atoms with E-state index in [-0.39, 0.29) is 12.4 Å². The van der Waals surface area contributed by atoms with Crippen LogP contribution in [0, 0.1) is 12.7 Å². The largest absolute Gasteiger partial charge is 0.396 e. The molecule has 0 aliphatic carbocycles. The van der Waals surface area contributed by atoms with Crippen molar-refractivity contribution < 1.29 is 9.50 Å². The van der Waals surface area contributed by atoms with E-state index in [1.807, 2.05) is 12.1 Å². The van der Waals surface area contributed by atoms with Gasteiger partial charge in [0.25, 0.3) is 0 Å². The Labute approximate surface area is 151 Å². The first-order valence-corrected chi connectivity index (χ1v) is 8.33. The molecule has 0 radical (unpaired) electrons. The first-order valence-electron chi connectivity index (χ1n) is 8.33. The second-order valence-corrected chi connectivity index (χ2v) is 5.74. The van der Waals surface area contributed by atoms with Gasteiger partial charge in [-0.05, 0) is 37.6 Å². The lowest BCUT2D eigenvalue weighted by Crippen LogP contribution is -2.09. The first-order chi connectivity index (χ1) is 12.7. The number of benzene rings is 1. The summed E-state index contributed by atoms with van der Waals surface area (Å²) in [4.78, 5) is 13.0. The summed E-state index contributed by atoms with van der Waals surface area (Å²) >= 11 is 0. The number of anilines is 3. The SMILES string of the molecule is Cc1c(F)cccc1Nc1cc(-c2ccncc2)nc(NCCCO)n1. The Hall–Kier alpha value is -3.06. The van der Waals surface area contributed by atoms with Crippen molar-refractivity contribution in [3.05, 3.63) is 60.2 Å². The molecular formula is C19H20FN5O. The summed E-state index contributed by atoms with van der Waals surface area (Å²) in [7, 11) is 0. The van der Waals surface area contributed by atoms with Gasteiger partial charge in [0.15, 0.2) is 0 Å². The number of nitrogens with one attached hydrogen (secondary N) is 2. The van der Waals surface area contributed by atoms with Crippen LogP contribution in [-0.2, 0) is 0 Å².